The Bertz CT molecular complexity index is 865. The van der Waals surface area contributed by atoms with Crippen LogP contribution in [-0.4, -0.2) is 51.1 Å². The van der Waals surface area contributed by atoms with E-state index in [1.54, 1.807) is 25.5 Å². The Balaban J connectivity index is 1.76. The third-order valence-electron chi connectivity index (χ3n) is 4.75. The maximum atomic E-state index is 14.0. The number of fused-ring (bicyclic) bond motifs is 1. The number of anilines is 1. The van der Waals surface area contributed by atoms with Gasteiger partial charge in [0.1, 0.15) is 5.54 Å². The number of nitrogens with two attached hydrogens (primary N) is 1. The highest BCUT2D eigenvalue weighted by molar-refractivity contribution is 8.13. The normalized spacial score (nSPS) is 25.0. The topological polar surface area (TPSA) is 102 Å². The largest absolute Gasteiger partial charge is 0.479 e. The first kappa shape index (κ1) is 17.0. The first-order valence-electron chi connectivity index (χ1n) is 8.11. The summed E-state index contributed by atoms with van der Waals surface area (Å²) in [5, 5.41) is 0.530. The molecule has 0 aromatic carbocycles. The van der Waals surface area contributed by atoms with Gasteiger partial charge >= 0.3 is 0 Å². The molecule has 0 bridgehead atoms. The highest BCUT2D eigenvalue weighted by atomic mass is 32.2. The minimum atomic E-state index is -0.609. The number of thioether (sulfide) groups is 1. The van der Waals surface area contributed by atoms with Crippen molar-refractivity contribution in [3.05, 3.63) is 35.8 Å². The number of rotatable bonds is 3. The second kappa shape index (κ2) is 6.35. The molecule has 0 amide bonds. The van der Waals surface area contributed by atoms with Crippen LogP contribution in [0.1, 0.15) is 11.4 Å². The fourth-order valence-corrected chi connectivity index (χ4v) is 4.43. The zero-order valence-corrected chi connectivity index (χ0v) is 15.2. The van der Waals surface area contributed by atoms with Crippen LogP contribution in [0.2, 0.25) is 0 Å². The van der Waals surface area contributed by atoms with E-state index in [0.717, 1.165) is 11.4 Å². The standard InChI is InChI=1S/C16H18FN7OS/c1-9-12(17)13(25-2)22-15(21-9)24-6-10-7-26-14(18)23-16(10,8-24)11-5-19-3-4-20-11/h3-5,10H,6-8H2,1-2H3,(H2,18,23)/t10-,16-/m0/s1. The Labute approximate surface area is 154 Å². The van der Waals surface area contributed by atoms with E-state index in [1.165, 1.54) is 18.9 Å². The third-order valence-corrected chi connectivity index (χ3v) is 5.70. The molecule has 10 heteroatoms. The van der Waals surface area contributed by atoms with Crippen LogP contribution in [0.5, 0.6) is 5.88 Å². The lowest BCUT2D eigenvalue weighted by Gasteiger charge is -2.33. The van der Waals surface area contributed by atoms with Gasteiger partial charge in [-0.1, -0.05) is 11.8 Å². The summed E-state index contributed by atoms with van der Waals surface area (Å²) >= 11 is 1.53. The molecular weight excluding hydrogens is 357 g/mol. The van der Waals surface area contributed by atoms with Crippen LogP contribution in [-0.2, 0) is 5.54 Å². The molecule has 0 radical (unpaired) electrons. The molecule has 2 N–H and O–H groups in total. The van der Waals surface area contributed by atoms with Gasteiger partial charge in [-0.2, -0.15) is 9.37 Å². The first-order valence-corrected chi connectivity index (χ1v) is 9.10. The molecule has 136 valence electrons. The van der Waals surface area contributed by atoms with E-state index >= 15 is 0 Å². The number of nitrogens with zero attached hydrogens (tertiary/aromatic N) is 6. The molecule has 8 nitrogen and oxygen atoms in total. The van der Waals surface area contributed by atoms with Crippen LogP contribution in [0, 0.1) is 18.7 Å². The summed E-state index contributed by atoms with van der Waals surface area (Å²) in [5.74, 6) is 0.774. The summed E-state index contributed by atoms with van der Waals surface area (Å²) in [7, 11) is 1.39. The molecule has 2 atom stereocenters. The van der Waals surface area contributed by atoms with E-state index in [0.29, 0.717) is 24.2 Å². The van der Waals surface area contributed by atoms with Crippen molar-refractivity contribution in [1.82, 2.24) is 19.9 Å². The molecule has 1 saturated heterocycles. The van der Waals surface area contributed by atoms with E-state index in [1.807, 2.05) is 4.90 Å². The molecule has 4 rings (SSSR count). The Hall–Kier alpha value is -2.49. The summed E-state index contributed by atoms with van der Waals surface area (Å²) in [6.07, 6.45) is 5.00. The van der Waals surface area contributed by atoms with Crippen LogP contribution >= 0.6 is 11.8 Å². The number of aryl methyl sites for hydroxylation is 1. The van der Waals surface area contributed by atoms with Crippen molar-refractivity contribution in [2.24, 2.45) is 16.6 Å². The van der Waals surface area contributed by atoms with Gasteiger partial charge in [0.05, 0.1) is 31.2 Å². The molecule has 1 fully saturated rings. The zero-order chi connectivity index (χ0) is 18.3. The average Bonchev–Trinajstić information content (AvgIpc) is 3.04. The minimum absolute atomic E-state index is 0.0617. The Kier molecular flexibility index (Phi) is 4.14. The van der Waals surface area contributed by atoms with E-state index in [4.69, 9.17) is 15.5 Å². The summed E-state index contributed by atoms with van der Waals surface area (Å²) in [6, 6.07) is 0. The fourth-order valence-electron chi connectivity index (χ4n) is 3.45. The molecule has 2 aromatic heterocycles. The zero-order valence-electron chi connectivity index (χ0n) is 14.4. The Morgan fingerprint density at radius 3 is 2.96 bits per heavy atom. The number of hydrogen-bond donors (Lipinski definition) is 1. The maximum absolute atomic E-state index is 14.0. The van der Waals surface area contributed by atoms with E-state index in [2.05, 4.69) is 19.9 Å². The van der Waals surface area contributed by atoms with Gasteiger partial charge in [-0.3, -0.25) is 9.97 Å². The second-order valence-electron chi connectivity index (χ2n) is 6.29. The minimum Gasteiger partial charge on any atom is -0.479 e. The van der Waals surface area contributed by atoms with E-state index < -0.39 is 11.4 Å². The monoisotopic (exact) mass is 375 g/mol. The van der Waals surface area contributed by atoms with Crippen molar-refractivity contribution >= 4 is 22.9 Å². The summed E-state index contributed by atoms with van der Waals surface area (Å²) in [4.78, 5) is 23.9. The SMILES string of the molecule is COc1nc(N2C[C@H]3CSC(N)=N[C@@]3(c3cnccn3)C2)nc(C)c1F. The number of halogens is 1. The first-order chi connectivity index (χ1) is 12.5. The Morgan fingerprint density at radius 2 is 2.23 bits per heavy atom. The van der Waals surface area contributed by atoms with Gasteiger partial charge in [0.25, 0.3) is 5.88 Å². The summed E-state index contributed by atoms with van der Waals surface area (Å²) in [5.41, 5.74) is 6.43. The van der Waals surface area contributed by atoms with Gasteiger partial charge < -0.3 is 15.4 Å². The van der Waals surface area contributed by atoms with E-state index in [9.17, 15) is 4.39 Å². The molecule has 26 heavy (non-hydrogen) atoms. The summed E-state index contributed by atoms with van der Waals surface area (Å²) in [6.45, 7) is 2.75. The van der Waals surface area contributed by atoms with Crippen molar-refractivity contribution in [3.8, 4) is 5.88 Å². The third kappa shape index (κ3) is 2.64. The molecule has 2 aromatic rings. The molecule has 4 heterocycles. The van der Waals surface area contributed by atoms with Crippen LogP contribution in [0.15, 0.2) is 23.6 Å². The smallest absolute Gasteiger partial charge is 0.255 e. The lowest BCUT2D eigenvalue weighted by molar-refractivity contribution is 0.365. The summed E-state index contributed by atoms with van der Waals surface area (Å²) < 4.78 is 19.1. The van der Waals surface area contributed by atoms with Gasteiger partial charge in [0.15, 0.2) is 5.17 Å². The maximum Gasteiger partial charge on any atom is 0.255 e. The molecule has 2 aliphatic heterocycles. The van der Waals surface area contributed by atoms with Crippen molar-refractivity contribution in [2.45, 2.75) is 12.5 Å². The molecular formula is C16H18FN7OS. The predicted octanol–water partition coefficient (Wildman–Crippen LogP) is 1.12. The van der Waals surface area contributed by atoms with Gasteiger partial charge in [0, 0.05) is 30.6 Å². The van der Waals surface area contributed by atoms with Crippen LogP contribution in [0.3, 0.4) is 0 Å². The lowest BCUT2D eigenvalue weighted by atomic mass is 9.86. The Morgan fingerprint density at radius 1 is 1.38 bits per heavy atom. The molecule has 0 unspecified atom stereocenters. The highest BCUT2D eigenvalue weighted by Crippen LogP contribution is 2.45. The van der Waals surface area contributed by atoms with Crippen molar-refractivity contribution < 1.29 is 9.13 Å². The number of hydrogen-bond acceptors (Lipinski definition) is 9. The van der Waals surface area contributed by atoms with Gasteiger partial charge in [-0.25, -0.2) is 9.98 Å². The predicted molar refractivity (Wildman–Crippen MR) is 96.8 cm³/mol. The van der Waals surface area contributed by atoms with Crippen LogP contribution < -0.4 is 15.4 Å². The van der Waals surface area contributed by atoms with Crippen molar-refractivity contribution in [3.63, 3.8) is 0 Å². The highest BCUT2D eigenvalue weighted by Gasteiger charge is 2.52. The van der Waals surface area contributed by atoms with Gasteiger partial charge in [-0.05, 0) is 6.92 Å². The molecule has 0 saturated carbocycles. The fraction of sp³-hybridized carbons (Fsp3) is 0.438. The van der Waals surface area contributed by atoms with Crippen LogP contribution in [0.25, 0.3) is 0 Å². The van der Waals surface area contributed by atoms with E-state index in [-0.39, 0.29) is 17.5 Å². The number of aliphatic imine (C=N–C) groups is 1. The van der Waals surface area contributed by atoms with Crippen molar-refractivity contribution in [2.75, 3.05) is 30.9 Å². The van der Waals surface area contributed by atoms with Gasteiger partial charge in [-0.15, -0.1) is 0 Å². The quantitative estimate of drug-likeness (QED) is 0.851. The molecule has 2 aliphatic rings. The number of amidine groups is 1. The second-order valence-corrected chi connectivity index (χ2v) is 7.33. The van der Waals surface area contributed by atoms with Crippen LogP contribution in [0.4, 0.5) is 10.3 Å². The lowest BCUT2D eigenvalue weighted by Crippen LogP contribution is -2.40. The van der Waals surface area contributed by atoms with Gasteiger partial charge in [0.2, 0.25) is 11.8 Å². The number of methoxy groups -OCH3 is 1. The average molecular weight is 375 g/mol. The number of ether oxygens (including phenoxy) is 1. The molecule has 0 spiro atoms. The van der Waals surface area contributed by atoms with Crippen molar-refractivity contribution in [1.29, 1.82) is 0 Å². The molecule has 0 aliphatic carbocycles. The number of aromatic nitrogens is 4.